The smallest absolute Gasteiger partial charge is 0.406 e. The molecular formula is C20H20ClF4N5O. The number of halogens is 5. The third kappa shape index (κ3) is 5.71. The Labute approximate surface area is 181 Å². The van der Waals surface area contributed by atoms with E-state index in [1.807, 2.05) is 0 Å². The number of nitrogens with one attached hydrogen (secondary N) is 2. The lowest BCUT2D eigenvalue weighted by Gasteiger charge is -2.30. The number of hydrogen-bond acceptors (Lipinski definition) is 6. The SMILES string of the molecule is Cl.FC1(CNc2nc(-c3cccc(OC(F)(F)F)c3)cc3nccnc23)CCCNC1. The average molecular weight is 458 g/mol. The lowest BCUT2D eigenvalue weighted by molar-refractivity contribution is -0.274. The van der Waals surface area contributed by atoms with Crippen LogP contribution in [-0.4, -0.2) is 46.6 Å². The van der Waals surface area contributed by atoms with Gasteiger partial charge in [0.25, 0.3) is 0 Å². The summed E-state index contributed by atoms with van der Waals surface area (Å²) in [6.07, 6.45) is -0.636. The fourth-order valence-electron chi connectivity index (χ4n) is 3.42. The van der Waals surface area contributed by atoms with Crippen molar-refractivity contribution >= 4 is 29.3 Å². The highest BCUT2D eigenvalue weighted by Gasteiger charge is 2.32. The summed E-state index contributed by atoms with van der Waals surface area (Å²) < 4.78 is 56.6. The molecule has 6 nitrogen and oxygen atoms in total. The van der Waals surface area contributed by atoms with Gasteiger partial charge >= 0.3 is 6.36 Å². The molecule has 1 unspecified atom stereocenters. The summed E-state index contributed by atoms with van der Waals surface area (Å²) in [5, 5.41) is 6.06. The van der Waals surface area contributed by atoms with Crippen LogP contribution < -0.4 is 15.4 Å². The van der Waals surface area contributed by atoms with Crippen LogP contribution in [0, 0.1) is 0 Å². The lowest BCUT2D eigenvalue weighted by atomic mass is 9.96. The zero-order chi connectivity index (χ0) is 21.2. The number of hydrogen-bond donors (Lipinski definition) is 2. The van der Waals surface area contributed by atoms with Gasteiger partial charge in [-0.2, -0.15) is 0 Å². The van der Waals surface area contributed by atoms with Crippen molar-refractivity contribution in [3.05, 3.63) is 42.7 Å². The normalized spacial score (nSPS) is 19.0. The van der Waals surface area contributed by atoms with E-state index in [0.29, 0.717) is 34.5 Å². The fraction of sp³-hybridized carbons (Fsp3) is 0.350. The van der Waals surface area contributed by atoms with Gasteiger partial charge in [0, 0.05) is 24.5 Å². The first-order valence-electron chi connectivity index (χ1n) is 9.43. The van der Waals surface area contributed by atoms with Crippen LogP contribution in [0.1, 0.15) is 12.8 Å². The first-order chi connectivity index (χ1) is 14.3. The largest absolute Gasteiger partial charge is 0.573 e. The van der Waals surface area contributed by atoms with Crippen molar-refractivity contribution in [1.29, 1.82) is 0 Å². The van der Waals surface area contributed by atoms with E-state index in [1.54, 1.807) is 12.1 Å². The van der Waals surface area contributed by atoms with Crippen molar-refractivity contribution in [3.63, 3.8) is 0 Å². The van der Waals surface area contributed by atoms with Gasteiger partial charge in [-0.1, -0.05) is 12.1 Å². The third-order valence-corrected chi connectivity index (χ3v) is 4.81. The lowest BCUT2D eigenvalue weighted by Crippen LogP contribution is -2.46. The van der Waals surface area contributed by atoms with Crippen LogP contribution in [0.3, 0.4) is 0 Å². The monoisotopic (exact) mass is 457 g/mol. The quantitative estimate of drug-likeness (QED) is 0.549. The van der Waals surface area contributed by atoms with Crippen molar-refractivity contribution in [2.45, 2.75) is 24.9 Å². The Morgan fingerprint density at radius 2 is 1.97 bits per heavy atom. The van der Waals surface area contributed by atoms with Gasteiger partial charge < -0.3 is 15.4 Å². The van der Waals surface area contributed by atoms with Crippen LogP contribution in [-0.2, 0) is 0 Å². The summed E-state index contributed by atoms with van der Waals surface area (Å²) in [7, 11) is 0. The number of aromatic nitrogens is 3. The van der Waals surface area contributed by atoms with E-state index < -0.39 is 12.0 Å². The molecule has 1 aliphatic rings. The molecule has 0 saturated carbocycles. The molecule has 166 valence electrons. The fourth-order valence-corrected chi connectivity index (χ4v) is 3.42. The number of nitrogens with zero attached hydrogens (tertiary/aromatic N) is 3. The Morgan fingerprint density at radius 3 is 2.71 bits per heavy atom. The zero-order valence-corrected chi connectivity index (χ0v) is 17.1. The zero-order valence-electron chi connectivity index (χ0n) is 16.2. The Bertz CT molecular complexity index is 1040. The second kappa shape index (κ2) is 9.19. The maximum absolute atomic E-state index is 15.0. The van der Waals surface area contributed by atoms with Gasteiger partial charge in [-0.3, -0.25) is 4.98 Å². The Morgan fingerprint density at radius 1 is 1.16 bits per heavy atom. The summed E-state index contributed by atoms with van der Waals surface area (Å²) in [4.78, 5) is 13.0. The van der Waals surface area contributed by atoms with Crippen LogP contribution in [0.2, 0.25) is 0 Å². The molecule has 0 amide bonds. The van der Waals surface area contributed by atoms with E-state index >= 15 is 0 Å². The topological polar surface area (TPSA) is 72.0 Å². The Balaban J connectivity index is 0.00000272. The highest BCUT2D eigenvalue weighted by atomic mass is 35.5. The molecule has 0 spiro atoms. The molecule has 1 atom stereocenters. The molecule has 3 heterocycles. The van der Waals surface area contributed by atoms with Gasteiger partial charge in [0.05, 0.1) is 17.8 Å². The van der Waals surface area contributed by atoms with Crippen LogP contribution >= 0.6 is 12.4 Å². The maximum Gasteiger partial charge on any atom is 0.573 e. The maximum atomic E-state index is 15.0. The van der Waals surface area contributed by atoms with E-state index in [1.165, 1.54) is 30.6 Å². The molecule has 1 aliphatic heterocycles. The molecule has 4 rings (SSSR count). The third-order valence-electron chi connectivity index (χ3n) is 4.81. The predicted octanol–water partition coefficient (Wildman–Crippen LogP) is 4.52. The molecule has 0 aliphatic carbocycles. The second-order valence-electron chi connectivity index (χ2n) is 7.14. The Hall–Kier alpha value is -2.72. The Kier molecular flexibility index (Phi) is 6.80. The number of benzene rings is 1. The number of alkyl halides is 4. The first-order valence-corrected chi connectivity index (χ1v) is 9.43. The minimum atomic E-state index is -4.79. The molecule has 0 bridgehead atoms. The van der Waals surface area contributed by atoms with Gasteiger partial charge in [-0.05, 0) is 37.6 Å². The molecule has 11 heteroatoms. The number of fused-ring (bicyclic) bond motifs is 1. The molecule has 2 N–H and O–H groups in total. The second-order valence-corrected chi connectivity index (χ2v) is 7.14. The summed E-state index contributed by atoms with van der Waals surface area (Å²) in [5.41, 5.74) is 0.290. The number of rotatable bonds is 5. The van der Waals surface area contributed by atoms with Gasteiger partial charge in [0.1, 0.15) is 16.9 Å². The average Bonchev–Trinajstić information content (AvgIpc) is 2.71. The molecule has 1 saturated heterocycles. The first kappa shape index (κ1) is 23.0. The molecule has 1 aromatic carbocycles. The molecular weight excluding hydrogens is 438 g/mol. The van der Waals surface area contributed by atoms with Crippen LogP contribution in [0.25, 0.3) is 22.3 Å². The number of anilines is 1. The van der Waals surface area contributed by atoms with Crippen LogP contribution in [0.15, 0.2) is 42.7 Å². The van der Waals surface area contributed by atoms with E-state index in [-0.39, 0.29) is 31.2 Å². The molecule has 1 fully saturated rings. The van der Waals surface area contributed by atoms with Crippen molar-refractivity contribution in [1.82, 2.24) is 20.3 Å². The van der Waals surface area contributed by atoms with Gasteiger partial charge in [-0.15, -0.1) is 25.6 Å². The highest BCUT2D eigenvalue weighted by molar-refractivity contribution is 5.88. The van der Waals surface area contributed by atoms with E-state index in [4.69, 9.17) is 0 Å². The summed E-state index contributed by atoms with van der Waals surface area (Å²) in [6, 6.07) is 7.12. The van der Waals surface area contributed by atoms with Crippen molar-refractivity contribution in [2.24, 2.45) is 0 Å². The predicted molar refractivity (Wildman–Crippen MR) is 111 cm³/mol. The molecule has 31 heavy (non-hydrogen) atoms. The van der Waals surface area contributed by atoms with Crippen LogP contribution in [0.5, 0.6) is 5.75 Å². The standard InChI is InChI=1S/C20H19F4N5O.ClH/c21-19(5-2-6-25-11-19)12-28-18-17-16(26-7-8-27-17)10-15(29-18)13-3-1-4-14(9-13)30-20(22,23)24;/h1,3-4,7-10,25H,2,5-6,11-12H2,(H,28,29);1H. The molecule has 3 aromatic rings. The van der Waals surface area contributed by atoms with E-state index in [9.17, 15) is 17.6 Å². The summed E-state index contributed by atoms with van der Waals surface area (Å²) in [6.45, 7) is 1.05. The summed E-state index contributed by atoms with van der Waals surface area (Å²) in [5.74, 6) is -0.0353. The number of pyridine rings is 1. The minimum absolute atomic E-state index is 0. The molecule has 2 aromatic heterocycles. The van der Waals surface area contributed by atoms with Gasteiger partial charge in [0.15, 0.2) is 5.82 Å². The van der Waals surface area contributed by atoms with Crippen molar-refractivity contribution in [2.75, 3.05) is 25.0 Å². The van der Waals surface area contributed by atoms with Crippen LogP contribution in [0.4, 0.5) is 23.4 Å². The van der Waals surface area contributed by atoms with Gasteiger partial charge in [-0.25, -0.2) is 14.4 Å². The minimum Gasteiger partial charge on any atom is -0.406 e. The van der Waals surface area contributed by atoms with Crippen molar-refractivity contribution < 1.29 is 22.3 Å². The highest BCUT2D eigenvalue weighted by Crippen LogP contribution is 2.30. The van der Waals surface area contributed by atoms with E-state index in [0.717, 1.165) is 13.0 Å². The summed E-state index contributed by atoms with van der Waals surface area (Å²) >= 11 is 0. The number of piperidine rings is 1. The number of ether oxygens (including phenoxy) is 1. The van der Waals surface area contributed by atoms with Gasteiger partial charge in [0.2, 0.25) is 0 Å². The van der Waals surface area contributed by atoms with Crippen molar-refractivity contribution in [3.8, 4) is 17.0 Å². The molecule has 0 radical (unpaired) electrons. The van der Waals surface area contributed by atoms with E-state index in [2.05, 4.69) is 30.3 Å².